The molecule has 0 spiro atoms. The van der Waals surface area contributed by atoms with Crippen LogP contribution in [0.25, 0.3) is 5.57 Å². The maximum Gasteiger partial charge on any atom is 0.524 e. The molecule has 1 aromatic rings. The van der Waals surface area contributed by atoms with Gasteiger partial charge < -0.3 is 9.84 Å². The van der Waals surface area contributed by atoms with E-state index in [1.54, 1.807) is 12.3 Å². The highest BCUT2D eigenvalue weighted by atomic mass is 79.9. The molecule has 3 rings (SSSR count). The summed E-state index contributed by atoms with van der Waals surface area (Å²) in [6.07, 6.45) is 2.20. The van der Waals surface area contributed by atoms with E-state index in [1.165, 1.54) is 7.11 Å². The molecule has 0 saturated carbocycles. The minimum Gasteiger partial charge on any atom is -0.465 e. The molecule has 1 fully saturated rings. The third-order valence-corrected chi connectivity index (χ3v) is 8.29. The van der Waals surface area contributed by atoms with E-state index in [0.717, 1.165) is 5.57 Å². The first kappa shape index (κ1) is 23.0. The van der Waals surface area contributed by atoms with Crippen LogP contribution in [-0.2, 0) is 14.6 Å². The average molecular weight is 501 g/mol. The van der Waals surface area contributed by atoms with Crippen LogP contribution in [0, 0.1) is 5.92 Å². The molecular formula is C21H27BrNO6S+. The Kier molecular flexibility index (Phi) is 5.94. The molecule has 0 bridgehead atoms. The molecule has 0 aromatic heterocycles. The van der Waals surface area contributed by atoms with Crippen LogP contribution in [0.2, 0.25) is 0 Å². The van der Waals surface area contributed by atoms with E-state index in [-0.39, 0.29) is 23.0 Å². The van der Waals surface area contributed by atoms with Gasteiger partial charge in [0.1, 0.15) is 27.1 Å². The minimum absolute atomic E-state index is 0.0742. The van der Waals surface area contributed by atoms with Crippen molar-refractivity contribution in [2.45, 2.75) is 45.6 Å². The normalized spacial score (nSPS) is 25.8. The molecule has 7 nitrogen and oxygen atoms in total. The van der Waals surface area contributed by atoms with E-state index >= 15 is 0 Å². The van der Waals surface area contributed by atoms with Crippen molar-refractivity contribution in [3.63, 3.8) is 0 Å². The number of nitrogens with zero attached hydrogens (tertiary/aromatic N) is 1. The number of hydrogen-bond donors (Lipinski definition) is 1. The third-order valence-electron chi connectivity index (χ3n) is 6.06. The van der Waals surface area contributed by atoms with Crippen molar-refractivity contribution in [3.8, 4) is 0 Å². The molecule has 1 aromatic carbocycles. The van der Waals surface area contributed by atoms with E-state index in [0.29, 0.717) is 35.0 Å². The molecule has 1 N–H and O–H groups in total. The van der Waals surface area contributed by atoms with Gasteiger partial charge in [0.25, 0.3) is 0 Å². The number of fused-ring (bicyclic) bond motifs is 1. The molecule has 30 heavy (non-hydrogen) atoms. The third kappa shape index (κ3) is 3.71. The molecule has 2 aliphatic heterocycles. The lowest BCUT2D eigenvalue weighted by Crippen LogP contribution is -2.60. The minimum atomic E-state index is -3.10. The topological polar surface area (TPSA) is 97.7 Å². The summed E-state index contributed by atoms with van der Waals surface area (Å²) in [5, 5.41) is 10.4. The standard InChI is InChI=1S/C21H26BrNO6S/c1-21(2,3)23(20(25)26)12-17(13-6-5-8-30(27,28)9-7-13)15-10-14(22)11-16(18(15)23)19(24)29-4/h10-13H,5-9H2,1-4H3/p+1. The lowest BCUT2D eigenvalue weighted by atomic mass is 9.87. The number of carboxylic acid groups (broad SMARTS) is 1. The fraction of sp³-hybridized carbons (Fsp3) is 0.524. The van der Waals surface area contributed by atoms with Gasteiger partial charge in [0.15, 0.2) is 5.69 Å². The van der Waals surface area contributed by atoms with Gasteiger partial charge >= 0.3 is 12.1 Å². The SMILES string of the molecule is COC(=O)c1cc(Br)cc2c1[N+](C(=O)O)(C(C)(C)C)C=C2C1CCCS(=O)(=O)CC1. The fourth-order valence-corrected chi connectivity index (χ4v) is 6.44. The highest BCUT2D eigenvalue weighted by Crippen LogP contribution is 2.52. The van der Waals surface area contributed by atoms with Gasteiger partial charge in [-0.25, -0.2) is 13.2 Å². The number of carbonyl (C=O) groups excluding carboxylic acids is 1. The Morgan fingerprint density at radius 1 is 1.20 bits per heavy atom. The van der Waals surface area contributed by atoms with Gasteiger partial charge in [-0.3, -0.25) is 0 Å². The molecule has 164 valence electrons. The molecule has 0 aliphatic carbocycles. The van der Waals surface area contributed by atoms with Crippen LogP contribution < -0.4 is 4.48 Å². The number of halogens is 1. The van der Waals surface area contributed by atoms with Crippen LogP contribution in [0.1, 0.15) is 56.0 Å². The number of methoxy groups -OCH3 is 1. The van der Waals surface area contributed by atoms with Crippen LogP contribution in [0.4, 0.5) is 10.5 Å². The zero-order valence-corrected chi connectivity index (χ0v) is 20.0. The predicted molar refractivity (Wildman–Crippen MR) is 119 cm³/mol. The zero-order valence-electron chi connectivity index (χ0n) is 17.6. The number of rotatable bonds is 2. The molecule has 2 atom stereocenters. The lowest BCUT2D eigenvalue weighted by molar-refractivity contribution is 0.0597. The Morgan fingerprint density at radius 3 is 2.43 bits per heavy atom. The Balaban J connectivity index is 2.32. The first-order valence-corrected chi connectivity index (χ1v) is 12.4. The number of benzene rings is 1. The molecule has 2 aliphatic rings. The van der Waals surface area contributed by atoms with E-state index in [9.17, 15) is 23.1 Å². The molecule has 1 saturated heterocycles. The van der Waals surface area contributed by atoms with Crippen molar-refractivity contribution in [2.24, 2.45) is 5.92 Å². The second-order valence-corrected chi connectivity index (χ2v) is 12.1. The van der Waals surface area contributed by atoms with Crippen molar-refractivity contribution < 1.29 is 27.9 Å². The molecule has 2 heterocycles. The summed E-state index contributed by atoms with van der Waals surface area (Å²) >= 11 is 3.44. The summed E-state index contributed by atoms with van der Waals surface area (Å²) in [4.78, 5) is 25.4. The first-order valence-electron chi connectivity index (χ1n) is 9.82. The highest BCUT2D eigenvalue weighted by molar-refractivity contribution is 9.10. The smallest absolute Gasteiger partial charge is 0.465 e. The van der Waals surface area contributed by atoms with Gasteiger partial charge in [0.2, 0.25) is 0 Å². The van der Waals surface area contributed by atoms with Crippen molar-refractivity contribution >= 4 is 49.1 Å². The molecule has 1 amide bonds. The van der Waals surface area contributed by atoms with Crippen LogP contribution in [0.3, 0.4) is 0 Å². The molecule has 0 radical (unpaired) electrons. The first-order chi connectivity index (χ1) is 13.8. The Bertz CT molecular complexity index is 1040. The van der Waals surface area contributed by atoms with Crippen molar-refractivity contribution in [1.29, 1.82) is 0 Å². The Hall–Kier alpha value is -1.71. The van der Waals surface area contributed by atoms with Crippen LogP contribution in [0.5, 0.6) is 0 Å². The quantitative estimate of drug-likeness (QED) is 0.470. The fourth-order valence-electron chi connectivity index (χ4n) is 4.53. The van der Waals surface area contributed by atoms with Gasteiger partial charge in [0.05, 0.1) is 18.6 Å². The van der Waals surface area contributed by atoms with Crippen molar-refractivity contribution in [1.82, 2.24) is 4.48 Å². The number of hydrogen-bond acceptors (Lipinski definition) is 5. The van der Waals surface area contributed by atoms with Crippen LogP contribution in [0.15, 0.2) is 22.8 Å². The Morgan fingerprint density at radius 2 is 1.87 bits per heavy atom. The number of amides is 1. The summed E-state index contributed by atoms with van der Waals surface area (Å²) < 4.78 is 29.3. The number of ether oxygens (including phenoxy) is 1. The zero-order chi connectivity index (χ0) is 22.5. The van der Waals surface area contributed by atoms with Crippen LogP contribution >= 0.6 is 15.9 Å². The number of carbonyl (C=O) groups is 2. The number of quaternary nitrogens is 1. The predicted octanol–water partition coefficient (Wildman–Crippen LogP) is 4.59. The maximum atomic E-state index is 12.7. The molecular weight excluding hydrogens is 474 g/mol. The van der Waals surface area contributed by atoms with E-state index in [2.05, 4.69) is 15.9 Å². The summed E-state index contributed by atoms with van der Waals surface area (Å²) in [5.74, 6) is -0.500. The van der Waals surface area contributed by atoms with Crippen LogP contribution in [-0.4, -0.2) is 49.7 Å². The number of esters is 1. The highest BCUT2D eigenvalue weighted by Gasteiger charge is 2.57. The largest absolute Gasteiger partial charge is 0.524 e. The van der Waals surface area contributed by atoms with E-state index in [1.807, 2.05) is 26.8 Å². The van der Waals surface area contributed by atoms with Gasteiger partial charge in [-0.05, 0) is 58.1 Å². The van der Waals surface area contributed by atoms with E-state index in [4.69, 9.17) is 4.74 Å². The van der Waals surface area contributed by atoms with Crippen molar-refractivity contribution in [2.75, 3.05) is 18.6 Å². The van der Waals surface area contributed by atoms with E-state index < -0.39 is 31.9 Å². The van der Waals surface area contributed by atoms with Gasteiger partial charge in [-0.15, -0.1) is 0 Å². The van der Waals surface area contributed by atoms with Gasteiger partial charge in [-0.2, -0.15) is 9.28 Å². The Labute approximate surface area is 185 Å². The van der Waals surface area contributed by atoms with Gasteiger partial charge in [0, 0.05) is 15.6 Å². The second-order valence-electron chi connectivity index (χ2n) is 8.88. The summed E-state index contributed by atoms with van der Waals surface area (Å²) in [5.41, 5.74) is 1.19. The second kappa shape index (κ2) is 7.76. The summed E-state index contributed by atoms with van der Waals surface area (Å²) in [6.45, 7) is 5.43. The number of sulfone groups is 1. The maximum absolute atomic E-state index is 12.7. The summed E-state index contributed by atoms with van der Waals surface area (Å²) in [6, 6.07) is 3.41. The average Bonchev–Trinajstić information content (AvgIpc) is 2.88. The molecule has 2 unspecified atom stereocenters. The monoisotopic (exact) mass is 500 g/mol. The van der Waals surface area contributed by atoms with Gasteiger partial charge in [-0.1, -0.05) is 15.9 Å². The summed E-state index contributed by atoms with van der Waals surface area (Å²) in [7, 11) is -1.83. The lowest BCUT2D eigenvalue weighted by Gasteiger charge is -2.38. The van der Waals surface area contributed by atoms with Crippen molar-refractivity contribution in [3.05, 3.63) is 33.9 Å². The molecule has 9 heteroatoms. The number of allylic oxidation sites excluding steroid dienone is 1.